The van der Waals surface area contributed by atoms with Crippen LogP contribution in [0.5, 0.6) is 0 Å². The fourth-order valence-corrected chi connectivity index (χ4v) is 1.20. The molecule has 0 spiro atoms. The second-order valence-electron chi connectivity index (χ2n) is 3.30. The predicted octanol–water partition coefficient (Wildman–Crippen LogP) is 2.14. The largest absolute Gasteiger partial charge is 0.363 e. The summed E-state index contributed by atoms with van der Waals surface area (Å²) in [5, 5.41) is 7.78. The highest BCUT2D eigenvalue weighted by atomic mass is 15.1. The molecule has 0 bridgehead atoms. The molecule has 1 rings (SSSR count). The topological polar surface area (TPSA) is 27.1 Å². The van der Waals surface area contributed by atoms with E-state index in [2.05, 4.69) is 19.1 Å². The van der Waals surface area contributed by atoms with Crippen molar-refractivity contribution in [3.05, 3.63) is 35.4 Å². The Morgan fingerprint density at radius 2 is 2.08 bits per heavy atom. The average Bonchev–Trinajstić information content (AvgIpc) is 2.16. The van der Waals surface area contributed by atoms with E-state index < -0.39 is 0 Å². The standard InChI is InChI=1S/C11H16N2/c1-4-9-6-5-7-10(8-9)11(12)13(2)3/h5-8,12H,4H2,1-3H3. The Kier molecular flexibility index (Phi) is 3.07. The summed E-state index contributed by atoms with van der Waals surface area (Å²) < 4.78 is 0. The van der Waals surface area contributed by atoms with Crippen LogP contribution in [0.1, 0.15) is 18.1 Å². The first-order valence-electron chi connectivity index (χ1n) is 4.50. The van der Waals surface area contributed by atoms with Gasteiger partial charge in [0.1, 0.15) is 5.84 Å². The van der Waals surface area contributed by atoms with E-state index in [-0.39, 0.29) is 0 Å². The van der Waals surface area contributed by atoms with Gasteiger partial charge in [-0.1, -0.05) is 25.1 Å². The number of amidine groups is 1. The fourth-order valence-electron chi connectivity index (χ4n) is 1.20. The first kappa shape index (κ1) is 9.78. The molecule has 0 aromatic heterocycles. The molecule has 0 unspecified atom stereocenters. The molecular weight excluding hydrogens is 160 g/mol. The molecule has 1 aromatic rings. The molecule has 0 aliphatic rings. The van der Waals surface area contributed by atoms with Crippen LogP contribution in [0.25, 0.3) is 0 Å². The number of nitrogens with one attached hydrogen (secondary N) is 1. The van der Waals surface area contributed by atoms with Gasteiger partial charge in [-0.2, -0.15) is 0 Å². The molecule has 70 valence electrons. The number of rotatable bonds is 2. The fraction of sp³-hybridized carbons (Fsp3) is 0.364. The van der Waals surface area contributed by atoms with Crippen molar-refractivity contribution in [1.82, 2.24) is 4.90 Å². The molecule has 0 heterocycles. The third-order valence-electron chi connectivity index (χ3n) is 2.06. The molecule has 0 atom stereocenters. The van der Waals surface area contributed by atoms with Gasteiger partial charge in [0.25, 0.3) is 0 Å². The van der Waals surface area contributed by atoms with Crippen LogP contribution in [0.15, 0.2) is 24.3 Å². The van der Waals surface area contributed by atoms with E-state index in [9.17, 15) is 0 Å². The molecule has 0 aliphatic carbocycles. The van der Waals surface area contributed by atoms with Gasteiger partial charge in [-0.05, 0) is 18.1 Å². The molecule has 2 nitrogen and oxygen atoms in total. The van der Waals surface area contributed by atoms with Crippen LogP contribution in [0.4, 0.5) is 0 Å². The molecule has 0 fully saturated rings. The Bertz CT molecular complexity index is 303. The zero-order valence-corrected chi connectivity index (χ0v) is 8.46. The van der Waals surface area contributed by atoms with Gasteiger partial charge in [0.15, 0.2) is 0 Å². The summed E-state index contributed by atoms with van der Waals surface area (Å²) in [7, 11) is 3.78. The third kappa shape index (κ3) is 2.31. The van der Waals surface area contributed by atoms with Crippen molar-refractivity contribution in [1.29, 1.82) is 5.41 Å². The van der Waals surface area contributed by atoms with Crippen LogP contribution in [-0.4, -0.2) is 24.8 Å². The van der Waals surface area contributed by atoms with Crippen LogP contribution in [0.3, 0.4) is 0 Å². The van der Waals surface area contributed by atoms with Crippen molar-refractivity contribution in [3.8, 4) is 0 Å². The molecule has 2 heteroatoms. The second kappa shape index (κ2) is 4.08. The van der Waals surface area contributed by atoms with Gasteiger partial charge in [0.2, 0.25) is 0 Å². The Labute approximate surface area is 79.7 Å². The molecule has 0 amide bonds. The van der Waals surface area contributed by atoms with Gasteiger partial charge in [-0.25, -0.2) is 0 Å². The first-order valence-corrected chi connectivity index (χ1v) is 4.50. The molecule has 0 saturated heterocycles. The van der Waals surface area contributed by atoms with Crippen LogP contribution >= 0.6 is 0 Å². The van der Waals surface area contributed by atoms with E-state index in [4.69, 9.17) is 5.41 Å². The SMILES string of the molecule is CCc1cccc(C(=N)N(C)C)c1. The van der Waals surface area contributed by atoms with Crippen LogP contribution < -0.4 is 0 Å². The number of aryl methyl sites for hydroxylation is 1. The van der Waals surface area contributed by atoms with Gasteiger partial charge in [-0.15, -0.1) is 0 Å². The van der Waals surface area contributed by atoms with E-state index in [1.54, 1.807) is 0 Å². The van der Waals surface area contributed by atoms with Gasteiger partial charge in [0.05, 0.1) is 0 Å². The lowest BCUT2D eigenvalue weighted by Crippen LogP contribution is -2.21. The average molecular weight is 176 g/mol. The van der Waals surface area contributed by atoms with E-state index in [1.165, 1.54) is 5.56 Å². The maximum Gasteiger partial charge on any atom is 0.127 e. The van der Waals surface area contributed by atoms with Crippen molar-refractivity contribution in [2.45, 2.75) is 13.3 Å². The molecule has 1 N–H and O–H groups in total. The van der Waals surface area contributed by atoms with E-state index >= 15 is 0 Å². The Morgan fingerprint density at radius 1 is 1.38 bits per heavy atom. The van der Waals surface area contributed by atoms with Gasteiger partial charge in [0, 0.05) is 19.7 Å². The molecule has 1 aromatic carbocycles. The smallest absolute Gasteiger partial charge is 0.127 e. The first-order chi connectivity index (χ1) is 6.15. The van der Waals surface area contributed by atoms with Gasteiger partial charge < -0.3 is 4.90 Å². The molecule has 13 heavy (non-hydrogen) atoms. The third-order valence-corrected chi connectivity index (χ3v) is 2.06. The summed E-state index contributed by atoms with van der Waals surface area (Å²) in [5.41, 5.74) is 2.27. The van der Waals surface area contributed by atoms with Crippen LogP contribution in [0, 0.1) is 5.41 Å². The molecule has 0 aliphatic heterocycles. The highest BCUT2D eigenvalue weighted by Crippen LogP contribution is 2.07. The predicted molar refractivity (Wildman–Crippen MR) is 56.3 cm³/mol. The van der Waals surface area contributed by atoms with E-state index in [1.807, 2.05) is 31.1 Å². The Hall–Kier alpha value is -1.31. The van der Waals surface area contributed by atoms with Crippen molar-refractivity contribution in [2.75, 3.05) is 14.1 Å². The minimum absolute atomic E-state index is 0.565. The summed E-state index contributed by atoms with van der Waals surface area (Å²) in [5.74, 6) is 0.565. The van der Waals surface area contributed by atoms with E-state index in [0.717, 1.165) is 12.0 Å². The minimum Gasteiger partial charge on any atom is -0.363 e. The zero-order chi connectivity index (χ0) is 9.84. The molecular formula is C11H16N2. The lowest BCUT2D eigenvalue weighted by atomic mass is 10.1. The summed E-state index contributed by atoms with van der Waals surface area (Å²) in [6.45, 7) is 2.12. The van der Waals surface area contributed by atoms with Crippen molar-refractivity contribution in [2.24, 2.45) is 0 Å². The number of hydrogen-bond acceptors (Lipinski definition) is 1. The van der Waals surface area contributed by atoms with Crippen LogP contribution in [0.2, 0.25) is 0 Å². The maximum atomic E-state index is 7.78. The summed E-state index contributed by atoms with van der Waals surface area (Å²) >= 11 is 0. The van der Waals surface area contributed by atoms with Crippen molar-refractivity contribution >= 4 is 5.84 Å². The highest BCUT2D eigenvalue weighted by molar-refractivity contribution is 5.96. The van der Waals surface area contributed by atoms with E-state index in [0.29, 0.717) is 5.84 Å². The molecule has 0 saturated carbocycles. The highest BCUT2D eigenvalue weighted by Gasteiger charge is 2.02. The lowest BCUT2D eigenvalue weighted by Gasteiger charge is -2.14. The van der Waals surface area contributed by atoms with Crippen molar-refractivity contribution in [3.63, 3.8) is 0 Å². The monoisotopic (exact) mass is 176 g/mol. The normalized spacial score (nSPS) is 9.77. The number of hydrogen-bond donors (Lipinski definition) is 1. The van der Waals surface area contributed by atoms with Crippen molar-refractivity contribution < 1.29 is 0 Å². The summed E-state index contributed by atoms with van der Waals surface area (Å²) in [6, 6.07) is 8.14. The minimum atomic E-state index is 0.565. The number of benzene rings is 1. The summed E-state index contributed by atoms with van der Waals surface area (Å²) in [4.78, 5) is 1.81. The lowest BCUT2D eigenvalue weighted by molar-refractivity contribution is 0.619. The second-order valence-corrected chi connectivity index (χ2v) is 3.30. The molecule has 0 radical (unpaired) electrons. The number of nitrogens with zero attached hydrogens (tertiary/aromatic N) is 1. The maximum absolute atomic E-state index is 7.78. The van der Waals surface area contributed by atoms with Gasteiger partial charge in [-0.3, -0.25) is 5.41 Å². The Morgan fingerprint density at radius 3 is 2.62 bits per heavy atom. The quantitative estimate of drug-likeness (QED) is 0.542. The van der Waals surface area contributed by atoms with Crippen LogP contribution in [-0.2, 0) is 6.42 Å². The zero-order valence-electron chi connectivity index (χ0n) is 8.46. The Balaban J connectivity index is 2.95. The summed E-state index contributed by atoms with van der Waals surface area (Å²) in [6.07, 6.45) is 1.02. The van der Waals surface area contributed by atoms with Gasteiger partial charge >= 0.3 is 0 Å².